The van der Waals surface area contributed by atoms with Gasteiger partial charge in [-0.3, -0.25) is 0 Å². The summed E-state index contributed by atoms with van der Waals surface area (Å²) in [7, 11) is 0. The molecule has 2 N–H and O–H groups in total. The van der Waals surface area contributed by atoms with Gasteiger partial charge in [0.15, 0.2) is 6.10 Å². The summed E-state index contributed by atoms with van der Waals surface area (Å²) in [4.78, 5) is 11.4. The number of hydrogen-bond donors (Lipinski definition) is 2. The largest absolute Gasteiger partial charge is 0.507 e. The van der Waals surface area contributed by atoms with E-state index in [1.165, 1.54) is 6.07 Å². The average Bonchev–Trinajstić information content (AvgIpc) is 2.31. The van der Waals surface area contributed by atoms with E-state index in [2.05, 4.69) is 15.9 Å². The standard InChI is InChI=1S/C12H15BrO4/c1-3-7-5-8(13)6-9(10(7)14)11(15)12(16)17-4-2/h5-6,11,14-15H,3-4H2,1-2H3. The molecule has 94 valence electrons. The summed E-state index contributed by atoms with van der Waals surface area (Å²) in [6.07, 6.45) is -0.855. The number of hydrogen-bond acceptors (Lipinski definition) is 4. The minimum Gasteiger partial charge on any atom is -0.507 e. The third-order valence-electron chi connectivity index (χ3n) is 2.37. The Hall–Kier alpha value is -1.07. The van der Waals surface area contributed by atoms with Gasteiger partial charge in [0.25, 0.3) is 0 Å². The zero-order valence-electron chi connectivity index (χ0n) is 9.74. The van der Waals surface area contributed by atoms with Crippen molar-refractivity contribution in [3.8, 4) is 5.75 Å². The van der Waals surface area contributed by atoms with Gasteiger partial charge in [-0.15, -0.1) is 0 Å². The van der Waals surface area contributed by atoms with Crippen molar-refractivity contribution in [3.63, 3.8) is 0 Å². The summed E-state index contributed by atoms with van der Waals surface area (Å²) in [5.41, 5.74) is 0.826. The number of phenols is 1. The van der Waals surface area contributed by atoms with Crippen LogP contribution >= 0.6 is 15.9 Å². The number of phenolic OH excluding ortho intramolecular Hbond substituents is 1. The molecule has 1 aromatic rings. The highest BCUT2D eigenvalue weighted by Crippen LogP contribution is 2.32. The number of benzene rings is 1. The fourth-order valence-corrected chi connectivity index (χ4v) is 2.03. The molecule has 0 amide bonds. The van der Waals surface area contributed by atoms with Crippen LogP contribution in [0, 0.1) is 0 Å². The van der Waals surface area contributed by atoms with Crippen LogP contribution in [0.4, 0.5) is 0 Å². The number of aliphatic hydroxyl groups is 1. The normalized spacial score (nSPS) is 12.2. The van der Waals surface area contributed by atoms with Crippen LogP contribution in [0.3, 0.4) is 0 Å². The van der Waals surface area contributed by atoms with E-state index in [-0.39, 0.29) is 17.9 Å². The molecule has 0 fully saturated rings. The highest BCUT2D eigenvalue weighted by Gasteiger charge is 2.23. The second-order valence-corrected chi connectivity index (χ2v) is 4.43. The van der Waals surface area contributed by atoms with Crippen LogP contribution in [0.2, 0.25) is 0 Å². The molecule has 0 bridgehead atoms. The van der Waals surface area contributed by atoms with Gasteiger partial charge in [-0.1, -0.05) is 22.9 Å². The Balaban J connectivity index is 3.12. The first-order chi connectivity index (χ1) is 8.01. The van der Waals surface area contributed by atoms with Crippen molar-refractivity contribution < 1.29 is 19.7 Å². The molecule has 0 aromatic heterocycles. The SMILES string of the molecule is CCOC(=O)C(O)c1cc(Br)cc(CC)c1O. The number of ether oxygens (including phenoxy) is 1. The third kappa shape index (κ3) is 3.20. The lowest BCUT2D eigenvalue weighted by Crippen LogP contribution is -2.15. The molecule has 1 aromatic carbocycles. The lowest BCUT2D eigenvalue weighted by atomic mass is 10.0. The van der Waals surface area contributed by atoms with Crippen LogP contribution in [0.15, 0.2) is 16.6 Å². The Morgan fingerprint density at radius 2 is 2.12 bits per heavy atom. The molecule has 1 atom stereocenters. The molecule has 0 aliphatic carbocycles. The smallest absolute Gasteiger partial charge is 0.339 e. The first-order valence-electron chi connectivity index (χ1n) is 5.37. The molecule has 0 heterocycles. The molecule has 0 aliphatic heterocycles. The van der Waals surface area contributed by atoms with E-state index in [1.54, 1.807) is 13.0 Å². The van der Waals surface area contributed by atoms with Gasteiger partial charge in [-0.2, -0.15) is 0 Å². The monoisotopic (exact) mass is 302 g/mol. The number of halogens is 1. The maximum atomic E-state index is 11.4. The second kappa shape index (κ2) is 6.02. The lowest BCUT2D eigenvalue weighted by Gasteiger charge is -2.14. The Labute approximate surface area is 108 Å². The van der Waals surface area contributed by atoms with E-state index in [9.17, 15) is 15.0 Å². The maximum absolute atomic E-state index is 11.4. The zero-order valence-corrected chi connectivity index (χ0v) is 11.3. The minimum absolute atomic E-state index is 0.0590. The zero-order chi connectivity index (χ0) is 13.0. The van der Waals surface area contributed by atoms with Gasteiger partial charge in [0.05, 0.1) is 6.61 Å². The molecule has 0 radical (unpaired) electrons. The van der Waals surface area contributed by atoms with E-state index < -0.39 is 12.1 Å². The van der Waals surface area contributed by atoms with Crippen molar-refractivity contribution in [1.29, 1.82) is 0 Å². The van der Waals surface area contributed by atoms with Gasteiger partial charge >= 0.3 is 5.97 Å². The second-order valence-electron chi connectivity index (χ2n) is 3.51. The molecule has 1 rings (SSSR count). The molecule has 1 unspecified atom stereocenters. The Morgan fingerprint density at radius 1 is 1.47 bits per heavy atom. The fourth-order valence-electron chi connectivity index (χ4n) is 1.50. The number of aliphatic hydroxyl groups excluding tert-OH is 1. The van der Waals surface area contributed by atoms with Crippen LogP contribution in [0.1, 0.15) is 31.1 Å². The summed E-state index contributed by atoms with van der Waals surface area (Å²) < 4.78 is 5.41. The summed E-state index contributed by atoms with van der Waals surface area (Å²) in [6.45, 7) is 3.72. The summed E-state index contributed by atoms with van der Waals surface area (Å²) in [5, 5.41) is 19.7. The van der Waals surface area contributed by atoms with Crippen molar-refractivity contribution in [3.05, 3.63) is 27.7 Å². The molecule has 0 saturated carbocycles. The van der Waals surface area contributed by atoms with Gasteiger partial charge in [-0.05, 0) is 31.0 Å². The first kappa shape index (κ1) is 14.0. The molecule has 17 heavy (non-hydrogen) atoms. The molecule has 4 nitrogen and oxygen atoms in total. The van der Waals surface area contributed by atoms with Crippen molar-refractivity contribution >= 4 is 21.9 Å². The predicted octanol–water partition coefficient (Wildman–Crippen LogP) is 2.31. The van der Waals surface area contributed by atoms with Gasteiger partial charge in [0.2, 0.25) is 0 Å². The van der Waals surface area contributed by atoms with Crippen molar-refractivity contribution in [1.82, 2.24) is 0 Å². The summed E-state index contributed by atoms with van der Waals surface area (Å²) in [6, 6.07) is 3.26. The van der Waals surface area contributed by atoms with Gasteiger partial charge < -0.3 is 14.9 Å². The predicted molar refractivity (Wildman–Crippen MR) is 66.8 cm³/mol. The number of aromatic hydroxyl groups is 1. The Bertz CT molecular complexity index is 417. The number of aryl methyl sites for hydroxylation is 1. The van der Waals surface area contributed by atoms with Crippen molar-refractivity contribution in [2.45, 2.75) is 26.4 Å². The Morgan fingerprint density at radius 3 is 2.65 bits per heavy atom. The quantitative estimate of drug-likeness (QED) is 0.838. The van der Waals surface area contributed by atoms with E-state index in [0.29, 0.717) is 16.5 Å². The summed E-state index contributed by atoms with van der Waals surface area (Å²) in [5.74, 6) is -0.820. The van der Waals surface area contributed by atoms with Crippen LogP contribution in [-0.4, -0.2) is 22.8 Å². The fraction of sp³-hybridized carbons (Fsp3) is 0.417. The maximum Gasteiger partial charge on any atom is 0.339 e. The van der Waals surface area contributed by atoms with E-state index in [1.807, 2.05) is 6.92 Å². The van der Waals surface area contributed by atoms with Crippen LogP contribution in [0.5, 0.6) is 5.75 Å². The van der Waals surface area contributed by atoms with Gasteiger partial charge in [-0.25, -0.2) is 4.79 Å². The molecule has 0 aliphatic rings. The van der Waals surface area contributed by atoms with Gasteiger partial charge in [0.1, 0.15) is 5.75 Å². The van der Waals surface area contributed by atoms with Crippen molar-refractivity contribution in [2.24, 2.45) is 0 Å². The minimum atomic E-state index is -1.46. The van der Waals surface area contributed by atoms with E-state index in [4.69, 9.17) is 4.74 Å². The number of rotatable bonds is 4. The molecule has 5 heteroatoms. The first-order valence-corrected chi connectivity index (χ1v) is 6.16. The third-order valence-corrected chi connectivity index (χ3v) is 2.83. The highest BCUT2D eigenvalue weighted by molar-refractivity contribution is 9.10. The molecular weight excluding hydrogens is 288 g/mol. The van der Waals surface area contributed by atoms with Crippen LogP contribution in [-0.2, 0) is 16.0 Å². The highest BCUT2D eigenvalue weighted by atomic mass is 79.9. The van der Waals surface area contributed by atoms with Gasteiger partial charge in [0, 0.05) is 10.0 Å². The lowest BCUT2D eigenvalue weighted by molar-refractivity contribution is -0.153. The molecule has 0 saturated heterocycles. The molecule has 0 spiro atoms. The molecular formula is C12H15BrO4. The van der Waals surface area contributed by atoms with Crippen LogP contribution < -0.4 is 0 Å². The van der Waals surface area contributed by atoms with Crippen molar-refractivity contribution in [2.75, 3.05) is 6.61 Å². The van der Waals surface area contributed by atoms with Crippen LogP contribution in [0.25, 0.3) is 0 Å². The van der Waals surface area contributed by atoms with E-state index in [0.717, 1.165) is 0 Å². The topological polar surface area (TPSA) is 66.8 Å². The number of carbonyl (C=O) groups excluding carboxylic acids is 1. The number of carbonyl (C=O) groups is 1. The average molecular weight is 303 g/mol. The number of esters is 1. The summed E-state index contributed by atoms with van der Waals surface area (Å²) >= 11 is 3.27. The Kier molecular flexibility index (Phi) is 4.96. The van der Waals surface area contributed by atoms with E-state index >= 15 is 0 Å².